The molecule has 0 aromatic heterocycles. The Morgan fingerprint density at radius 3 is 2.50 bits per heavy atom. The summed E-state index contributed by atoms with van der Waals surface area (Å²) in [5.41, 5.74) is 0. The minimum Gasteiger partial charge on any atom is -0.465 e. The van der Waals surface area contributed by atoms with Crippen molar-refractivity contribution in [1.82, 2.24) is 0 Å². The molecule has 1 saturated heterocycles. The quantitative estimate of drug-likeness (QED) is 0.497. The summed E-state index contributed by atoms with van der Waals surface area (Å²) >= 11 is 0. The van der Waals surface area contributed by atoms with E-state index in [2.05, 4.69) is 4.74 Å². The molecule has 3 heteroatoms. The van der Waals surface area contributed by atoms with Crippen molar-refractivity contribution in [3.05, 3.63) is 0 Å². The van der Waals surface area contributed by atoms with Crippen LogP contribution in [0.15, 0.2) is 0 Å². The highest BCUT2D eigenvalue weighted by Gasteiger charge is 2.35. The lowest BCUT2D eigenvalue weighted by molar-refractivity contribution is -0.141. The van der Waals surface area contributed by atoms with Crippen molar-refractivity contribution in [3.63, 3.8) is 0 Å². The van der Waals surface area contributed by atoms with Gasteiger partial charge in [0, 0.05) is 0 Å². The van der Waals surface area contributed by atoms with Gasteiger partial charge >= 0.3 is 5.97 Å². The lowest BCUT2D eigenvalue weighted by Gasteiger charge is -2.03. The highest BCUT2D eigenvalue weighted by Crippen LogP contribution is 2.21. The minimum absolute atomic E-state index is 0.0401. The second kappa shape index (κ2) is 2.40. The highest BCUT2D eigenvalue weighted by atomic mass is 16.5. The Hall–Kier alpha value is -0.860. The van der Waals surface area contributed by atoms with Gasteiger partial charge in [-0.2, -0.15) is 0 Å². The third kappa shape index (κ3) is 1.03. The van der Waals surface area contributed by atoms with E-state index in [0.29, 0.717) is 0 Å². The van der Waals surface area contributed by atoms with Crippen LogP contribution < -0.4 is 0 Å². The minimum atomic E-state index is -0.250. The first-order chi connectivity index (χ1) is 4.63. The van der Waals surface area contributed by atoms with Gasteiger partial charge in [0.25, 0.3) is 0 Å². The van der Waals surface area contributed by atoms with Crippen LogP contribution in [-0.2, 0) is 14.3 Å². The number of ether oxygens (including phenoxy) is 1. The molecule has 0 saturated carbocycles. The molecular formula is C7H10O3. The van der Waals surface area contributed by atoms with Crippen molar-refractivity contribution in [2.75, 3.05) is 6.61 Å². The first-order valence-corrected chi connectivity index (χ1v) is 3.30. The molecule has 2 atom stereocenters. The summed E-state index contributed by atoms with van der Waals surface area (Å²) in [7, 11) is 0. The van der Waals surface area contributed by atoms with Crippen molar-refractivity contribution >= 4 is 11.8 Å². The number of cyclic esters (lactones) is 1. The Bertz CT molecular complexity index is 174. The maximum Gasteiger partial charge on any atom is 0.309 e. The molecule has 0 aromatic rings. The zero-order chi connectivity index (χ0) is 7.72. The van der Waals surface area contributed by atoms with Crippen LogP contribution in [0.3, 0.4) is 0 Å². The average Bonchev–Trinajstić information content (AvgIpc) is 2.14. The monoisotopic (exact) mass is 142 g/mol. The molecule has 0 aromatic carbocycles. The van der Waals surface area contributed by atoms with E-state index >= 15 is 0 Å². The molecule has 0 aliphatic carbocycles. The number of Topliss-reactive ketones (excluding diaryl/α,β-unsaturated/α-hetero) is 1. The molecule has 10 heavy (non-hydrogen) atoms. The molecule has 0 amide bonds. The summed E-state index contributed by atoms with van der Waals surface area (Å²) in [6.07, 6.45) is 0. The molecule has 0 radical (unpaired) electrons. The molecule has 1 fully saturated rings. The zero-order valence-corrected chi connectivity index (χ0v) is 6.09. The molecular weight excluding hydrogens is 132 g/mol. The second-order valence-corrected chi connectivity index (χ2v) is 2.64. The molecule has 3 nitrogen and oxygen atoms in total. The van der Waals surface area contributed by atoms with E-state index in [4.69, 9.17) is 0 Å². The number of ketones is 1. The first kappa shape index (κ1) is 7.25. The van der Waals surface area contributed by atoms with Crippen LogP contribution >= 0.6 is 0 Å². The SMILES string of the molecule is CC(=O)[C@H]1COC(=O)[C@@H]1C. The number of carbonyl (C=O) groups is 2. The van der Waals surface area contributed by atoms with Crippen LogP contribution in [0.25, 0.3) is 0 Å². The number of esters is 1. The van der Waals surface area contributed by atoms with Gasteiger partial charge in [0.15, 0.2) is 0 Å². The molecule has 1 rings (SSSR count). The number of hydrogen-bond donors (Lipinski definition) is 0. The fourth-order valence-electron chi connectivity index (χ4n) is 1.08. The second-order valence-electron chi connectivity index (χ2n) is 2.64. The summed E-state index contributed by atoms with van der Waals surface area (Å²) in [6.45, 7) is 3.49. The van der Waals surface area contributed by atoms with Gasteiger partial charge in [-0.1, -0.05) is 6.92 Å². The van der Waals surface area contributed by atoms with Crippen molar-refractivity contribution in [2.24, 2.45) is 11.8 Å². The van der Waals surface area contributed by atoms with Crippen LogP contribution in [0.4, 0.5) is 0 Å². The maximum absolute atomic E-state index is 10.8. The van der Waals surface area contributed by atoms with Crippen LogP contribution in [0.1, 0.15) is 13.8 Å². The molecule has 1 aliphatic rings. The van der Waals surface area contributed by atoms with Crippen LogP contribution in [-0.4, -0.2) is 18.4 Å². The third-order valence-corrected chi connectivity index (χ3v) is 1.90. The van der Waals surface area contributed by atoms with Crippen LogP contribution in [0.2, 0.25) is 0 Å². The summed E-state index contributed by atoms with van der Waals surface area (Å²) in [6, 6.07) is 0. The summed E-state index contributed by atoms with van der Waals surface area (Å²) in [4.78, 5) is 21.5. The van der Waals surface area contributed by atoms with Gasteiger partial charge < -0.3 is 4.74 Å². The predicted molar refractivity (Wildman–Crippen MR) is 34.3 cm³/mol. The fourth-order valence-corrected chi connectivity index (χ4v) is 1.08. The molecule has 0 N–H and O–H groups in total. The molecule has 56 valence electrons. The van der Waals surface area contributed by atoms with Gasteiger partial charge in [-0.05, 0) is 6.92 Å². The van der Waals surface area contributed by atoms with E-state index < -0.39 is 0 Å². The molecule has 1 heterocycles. The van der Waals surface area contributed by atoms with Gasteiger partial charge in [0.2, 0.25) is 0 Å². The predicted octanol–water partition coefficient (Wildman–Crippen LogP) is 0.384. The van der Waals surface area contributed by atoms with Gasteiger partial charge in [0.1, 0.15) is 12.4 Å². The Morgan fingerprint density at radius 2 is 2.30 bits per heavy atom. The maximum atomic E-state index is 10.8. The van der Waals surface area contributed by atoms with E-state index in [1.807, 2.05) is 0 Å². The molecule has 0 spiro atoms. The van der Waals surface area contributed by atoms with Crippen molar-refractivity contribution < 1.29 is 14.3 Å². The van der Waals surface area contributed by atoms with Gasteiger partial charge in [-0.3, -0.25) is 9.59 Å². The van der Waals surface area contributed by atoms with Crippen LogP contribution in [0, 0.1) is 11.8 Å². The normalized spacial score (nSPS) is 32.0. The van der Waals surface area contributed by atoms with Crippen LogP contribution in [0.5, 0.6) is 0 Å². The lowest BCUT2D eigenvalue weighted by Crippen LogP contribution is -2.18. The Kier molecular flexibility index (Phi) is 1.74. The first-order valence-electron chi connectivity index (χ1n) is 3.30. The van der Waals surface area contributed by atoms with E-state index in [9.17, 15) is 9.59 Å². The van der Waals surface area contributed by atoms with Crippen molar-refractivity contribution in [1.29, 1.82) is 0 Å². The smallest absolute Gasteiger partial charge is 0.309 e. The lowest BCUT2D eigenvalue weighted by atomic mass is 9.94. The topological polar surface area (TPSA) is 43.4 Å². The van der Waals surface area contributed by atoms with Gasteiger partial charge in [-0.15, -0.1) is 0 Å². The summed E-state index contributed by atoms with van der Waals surface area (Å²) in [5, 5.41) is 0. The standard InChI is InChI=1S/C7H10O3/c1-4-6(5(2)8)3-10-7(4)9/h4,6H,3H2,1-2H3/t4-,6+/m1/s1. The summed E-state index contributed by atoms with van der Waals surface area (Å²) in [5.74, 6) is -0.649. The van der Waals surface area contributed by atoms with E-state index in [1.54, 1.807) is 6.92 Å². The number of carbonyl (C=O) groups excluding carboxylic acids is 2. The Balaban J connectivity index is 2.66. The number of hydrogen-bond acceptors (Lipinski definition) is 3. The summed E-state index contributed by atoms with van der Waals surface area (Å²) < 4.78 is 4.68. The van der Waals surface area contributed by atoms with E-state index in [-0.39, 0.29) is 30.2 Å². The molecule has 1 aliphatic heterocycles. The fraction of sp³-hybridized carbons (Fsp3) is 0.714. The number of rotatable bonds is 1. The zero-order valence-electron chi connectivity index (χ0n) is 6.09. The Morgan fingerprint density at radius 1 is 1.70 bits per heavy atom. The Labute approximate surface area is 59.4 Å². The average molecular weight is 142 g/mol. The van der Waals surface area contributed by atoms with Gasteiger partial charge in [-0.25, -0.2) is 0 Å². The van der Waals surface area contributed by atoms with Crippen molar-refractivity contribution in [3.8, 4) is 0 Å². The molecule has 0 unspecified atom stereocenters. The molecule has 0 bridgehead atoms. The third-order valence-electron chi connectivity index (χ3n) is 1.90. The largest absolute Gasteiger partial charge is 0.465 e. The highest BCUT2D eigenvalue weighted by molar-refractivity contribution is 5.87. The van der Waals surface area contributed by atoms with E-state index in [1.165, 1.54) is 6.92 Å². The van der Waals surface area contributed by atoms with E-state index in [0.717, 1.165) is 0 Å². The van der Waals surface area contributed by atoms with Crippen molar-refractivity contribution in [2.45, 2.75) is 13.8 Å². The van der Waals surface area contributed by atoms with Gasteiger partial charge in [0.05, 0.1) is 11.8 Å².